The summed E-state index contributed by atoms with van der Waals surface area (Å²) in [5, 5.41) is 2.33. The highest BCUT2D eigenvalue weighted by Crippen LogP contribution is 2.34. The van der Waals surface area contributed by atoms with Gasteiger partial charge >= 0.3 is 0 Å². The Morgan fingerprint density at radius 3 is 2.79 bits per heavy atom. The molecule has 0 aliphatic rings. The van der Waals surface area contributed by atoms with E-state index in [-0.39, 0.29) is 0 Å². The van der Waals surface area contributed by atoms with Gasteiger partial charge in [0.2, 0.25) is 5.89 Å². The number of oxazole rings is 1. The fourth-order valence-corrected chi connectivity index (χ4v) is 3.53. The van der Waals surface area contributed by atoms with Crippen molar-refractivity contribution in [3.63, 3.8) is 0 Å². The van der Waals surface area contributed by atoms with E-state index in [1.165, 1.54) is 10.9 Å². The molecule has 0 aliphatic heterocycles. The zero-order chi connectivity index (χ0) is 20.4. The van der Waals surface area contributed by atoms with E-state index in [9.17, 15) is 0 Å². The first-order valence-electron chi connectivity index (χ1n) is 10.1. The molecule has 0 amide bonds. The highest BCUT2D eigenvalue weighted by Gasteiger charge is 2.15. The summed E-state index contributed by atoms with van der Waals surface area (Å²) >= 11 is 0. The van der Waals surface area contributed by atoms with Gasteiger partial charge in [-0.15, -0.1) is 6.58 Å². The van der Waals surface area contributed by atoms with E-state index in [0.29, 0.717) is 18.2 Å². The average molecular weight is 383 g/mol. The van der Waals surface area contributed by atoms with Gasteiger partial charge in [-0.3, -0.25) is 0 Å². The van der Waals surface area contributed by atoms with Crippen LogP contribution in [0.25, 0.3) is 38.5 Å². The first kappa shape index (κ1) is 19.0. The summed E-state index contributed by atoms with van der Waals surface area (Å²) in [4.78, 5) is 8.17. The molecule has 146 valence electrons. The van der Waals surface area contributed by atoms with Crippen LogP contribution in [0.1, 0.15) is 44.1 Å². The highest BCUT2D eigenvalue weighted by molar-refractivity contribution is 6.15. The number of hydrogen-bond donors (Lipinski definition) is 1. The van der Waals surface area contributed by atoms with E-state index in [1.807, 2.05) is 18.2 Å². The molecule has 0 radical (unpaired) electrons. The average Bonchev–Trinajstić information content (AvgIpc) is 3.33. The Kier molecular flexibility index (Phi) is 5.22. The molecule has 0 spiro atoms. The maximum Gasteiger partial charge on any atom is 0.223 e. The summed E-state index contributed by atoms with van der Waals surface area (Å²) in [6.45, 7) is 12.3. The Morgan fingerprint density at radius 2 is 2.00 bits per heavy atom. The van der Waals surface area contributed by atoms with Gasteiger partial charge in [0.05, 0.1) is 5.52 Å². The normalized spacial score (nSPS) is 13.3. The molecule has 0 saturated carbocycles. The molecule has 3 heteroatoms. The summed E-state index contributed by atoms with van der Waals surface area (Å²) in [7, 11) is 0. The van der Waals surface area contributed by atoms with E-state index in [1.54, 1.807) is 0 Å². The topological polar surface area (TPSA) is 41.8 Å². The number of nitrogens with zero attached hydrogens (tertiary/aromatic N) is 1. The van der Waals surface area contributed by atoms with Gasteiger partial charge in [-0.05, 0) is 48.6 Å². The molecule has 4 rings (SSSR count). The van der Waals surface area contributed by atoms with Crippen molar-refractivity contribution >= 4 is 38.5 Å². The minimum absolute atomic E-state index is 0.313. The number of rotatable bonds is 7. The molecule has 2 heterocycles. The van der Waals surface area contributed by atoms with Gasteiger partial charge in [0.15, 0.2) is 5.58 Å². The van der Waals surface area contributed by atoms with Crippen LogP contribution < -0.4 is 0 Å². The van der Waals surface area contributed by atoms with Crippen molar-refractivity contribution in [2.24, 2.45) is 0 Å². The van der Waals surface area contributed by atoms with Crippen molar-refractivity contribution in [3.05, 3.63) is 85.3 Å². The summed E-state index contributed by atoms with van der Waals surface area (Å²) in [6.07, 6.45) is 12.0. The third-order valence-corrected chi connectivity index (χ3v) is 5.32. The smallest absolute Gasteiger partial charge is 0.223 e. The maximum absolute atomic E-state index is 6.14. The summed E-state index contributed by atoms with van der Waals surface area (Å²) in [5.74, 6) is 0.907. The van der Waals surface area contributed by atoms with Crippen LogP contribution >= 0.6 is 0 Å². The van der Waals surface area contributed by atoms with E-state index >= 15 is 0 Å². The third-order valence-electron chi connectivity index (χ3n) is 5.32. The van der Waals surface area contributed by atoms with Crippen molar-refractivity contribution in [1.29, 1.82) is 0 Å². The Labute approximate surface area is 171 Å². The highest BCUT2D eigenvalue weighted by atomic mass is 16.3. The Bertz CT molecular complexity index is 1270. The molecule has 0 aliphatic carbocycles. The molecule has 1 N–H and O–H groups in total. The lowest BCUT2D eigenvalue weighted by Crippen LogP contribution is -1.87. The summed E-state index contributed by atoms with van der Waals surface area (Å²) < 4.78 is 6.14. The molecule has 1 unspecified atom stereocenters. The minimum Gasteiger partial charge on any atom is -0.434 e. The van der Waals surface area contributed by atoms with Gasteiger partial charge in [-0.25, -0.2) is 4.98 Å². The fourth-order valence-electron chi connectivity index (χ4n) is 3.53. The van der Waals surface area contributed by atoms with Gasteiger partial charge in [-0.2, -0.15) is 0 Å². The van der Waals surface area contributed by atoms with Crippen LogP contribution in [0.3, 0.4) is 0 Å². The van der Waals surface area contributed by atoms with E-state index in [4.69, 9.17) is 4.42 Å². The number of nitrogens with one attached hydrogen (secondary N) is 1. The van der Waals surface area contributed by atoms with Crippen molar-refractivity contribution < 1.29 is 4.42 Å². The molecule has 0 bridgehead atoms. The van der Waals surface area contributed by atoms with Crippen molar-refractivity contribution in [2.45, 2.75) is 32.6 Å². The third kappa shape index (κ3) is 3.56. The predicted molar refractivity (Wildman–Crippen MR) is 124 cm³/mol. The first-order chi connectivity index (χ1) is 14.1. The molecule has 1 atom stereocenters. The van der Waals surface area contributed by atoms with Crippen LogP contribution in [0.4, 0.5) is 0 Å². The lowest BCUT2D eigenvalue weighted by molar-refractivity contribution is 0.585. The predicted octanol–water partition coefficient (Wildman–Crippen LogP) is 7.68. The van der Waals surface area contributed by atoms with Gasteiger partial charge in [-0.1, -0.05) is 56.9 Å². The molecule has 2 aromatic carbocycles. The second-order valence-electron chi connectivity index (χ2n) is 7.38. The Morgan fingerprint density at radius 1 is 1.17 bits per heavy atom. The number of hydrogen-bond acceptors (Lipinski definition) is 2. The van der Waals surface area contributed by atoms with Crippen LogP contribution in [0.2, 0.25) is 0 Å². The minimum atomic E-state index is 0.313. The number of benzene rings is 2. The number of aromatic nitrogens is 2. The molecule has 0 fully saturated rings. The number of H-pyrrole nitrogens is 1. The summed E-state index contributed by atoms with van der Waals surface area (Å²) in [5.41, 5.74) is 5.82. The second kappa shape index (κ2) is 7.96. The largest absolute Gasteiger partial charge is 0.434 e. The van der Waals surface area contributed by atoms with Gasteiger partial charge in [0.25, 0.3) is 0 Å². The molecule has 4 aromatic rings. The molecular formula is C26H26N2O. The standard InChI is InChI=1S/C26H26N2O/c1-5-7-8-9-10-11-18(4)26-28-23-15-13-20-21-16-19(17(3)6-2)12-14-22(21)27-24(20)25(23)29-26/h6-10,12-17,27H,2,4-5,11H2,1,3H3/b8-7-,10-9?. The van der Waals surface area contributed by atoms with E-state index in [0.717, 1.165) is 39.5 Å². The number of allylic oxidation sites excluding steroid dienone is 6. The van der Waals surface area contributed by atoms with Crippen LogP contribution in [0, 0.1) is 0 Å². The van der Waals surface area contributed by atoms with E-state index in [2.05, 4.69) is 79.5 Å². The Hall–Kier alpha value is -3.33. The maximum atomic E-state index is 6.14. The lowest BCUT2D eigenvalue weighted by Gasteiger charge is -2.05. The van der Waals surface area contributed by atoms with Crippen LogP contribution in [0.15, 0.2) is 78.3 Å². The van der Waals surface area contributed by atoms with Crippen molar-refractivity contribution in [2.75, 3.05) is 0 Å². The zero-order valence-corrected chi connectivity index (χ0v) is 17.0. The Balaban J connectivity index is 1.74. The molecule has 0 saturated heterocycles. The number of aromatic amines is 1. The molecule has 2 aromatic heterocycles. The van der Waals surface area contributed by atoms with Crippen molar-refractivity contribution in [1.82, 2.24) is 9.97 Å². The van der Waals surface area contributed by atoms with Gasteiger partial charge in [0.1, 0.15) is 5.52 Å². The van der Waals surface area contributed by atoms with Gasteiger partial charge < -0.3 is 9.40 Å². The molecular weight excluding hydrogens is 356 g/mol. The second-order valence-corrected chi connectivity index (χ2v) is 7.38. The first-order valence-corrected chi connectivity index (χ1v) is 10.1. The number of fused-ring (bicyclic) bond motifs is 5. The van der Waals surface area contributed by atoms with Crippen LogP contribution in [0.5, 0.6) is 0 Å². The zero-order valence-electron chi connectivity index (χ0n) is 17.0. The van der Waals surface area contributed by atoms with Crippen molar-refractivity contribution in [3.8, 4) is 0 Å². The lowest BCUT2D eigenvalue weighted by atomic mass is 9.99. The van der Waals surface area contributed by atoms with Crippen LogP contribution in [-0.4, -0.2) is 9.97 Å². The molecule has 3 nitrogen and oxygen atoms in total. The fraction of sp³-hybridized carbons (Fsp3) is 0.192. The van der Waals surface area contributed by atoms with Gasteiger partial charge in [0, 0.05) is 21.9 Å². The van der Waals surface area contributed by atoms with E-state index < -0.39 is 0 Å². The SMILES string of the molecule is C=CC(C)c1ccc2[nH]c3c(ccc4nc(C(=C)CC=C/C=C\CC)oc43)c2c1. The monoisotopic (exact) mass is 382 g/mol. The quantitative estimate of drug-likeness (QED) is 0.263. The summed E-state index contributed by atoms with van der Waals surface area (Å²) in [6, 6.07) is 10.6. The van der Waals surface area contributed by atoms with Crippen LogP contribution in [-0.2, 0) is 0 Å². The molecule has 29 heavy (non-hydrogen) atoms.